The van der Waals surface area contributed by atoms with Crippen LogP contribution < -0.4 is 5.32 Å². The Bertz CT molecular complexity index is 835. The zero-order valence-electron chi connectivity index (χ0n) is 14.4. The molecule has 2 aromatic heterocycles. The van der Waals surface area contributed by atoms with E-state index in [0.29, 0.717) is 36.0 Å². The minimum Gasteiger partial charge on any atom is -0.466 e. The van der Waals surface area contributed by atoms with Crippen LogP contribution in [0.1, 0.15) is 51.7 Å². The van der Waals surface area contributed by atoms with E-state index in [0.717, 1.165) is 35.6 Å². The van der Waals surface area contributed by atoms with Crippen molar-refractivity contribution < 1.29 is 14.0 Å². The summed E-state index contributed by atoms with van der Waals surface area (Å²) in [5.41, 5.74) is 1.63. The number of nitrogens with one attached hydrogen (secondary N) is 1. The zero-order chi connectivity index (χ0) is 17.6. The number of thiazole rings is 1. The Morgan fingerprint density at radius 1 is 1.36 bits per heavy atom. The lowest BCUT2D eigenvalue weighted by molar-refractivity contribution is -0.122. The van der Waals surface area contributed by atoms with E-state index in [1.807, 2.05) is 18.7 Å². The molecule has 0 atom stereocenters. The van der Waals surface area contributed by atoms with E-state index in [9.17, 15) is 9.59 Å². The van der Waals surface area contributed by atoms with Crippen molar-refractivity contribution in [2.45, 2.75) is 46.1 Å². The average Bonchev–Trinajstić information content (AvgIpc) is 3.05. The van der Waals surface area contributed by atoms with Crippen LogP contribution >= 0.6 is 11.3 Å². The van der Waals surface area contributed by atoms with Gasteiger partial charge < -0.3 is 14.6 Å². The van der Waals surface area contributed by atoms with Gasteiger partial charge in [-0.3, -0.25) is 9.59 Å². The lowest BCUT2D eigenvalue weighted by Gasteiger charge is -2.25. The van der Waals surface area contributed by atoms with E-state index >= 15 is 0 Å². The molecule has 1 N–H and O–H groups in total. The van der Waals surface area contributed by atoms with Crippen molar-refractivity contribution in [1.82, 2.24) is 9.88 Å². The third-order valence-electron chi connectivity index (χ3n) is 5.00. The van der Waals surface area contributed by atoms with Gasteiger partial charge in [-0.1, -0.05) is 17.8 Å². The van der Waals surface area contributed by atoms with E-state index < -0.39 is 0 Å². The minimum absolute atomic E-state index is 0.00606. The Kier molecular flexibility index (Phi) is 4.11. The highest BCUT2D eigenvalue weighted by molar-refractivity contribution is 7.15. The Balaban J connectivity index is 1.46. The van der Waals surface area contributed by atoms with Crippen LogP contribution in [0.3, 0.4) is 0 Å². The van der Waals surface area contributed by atoms with Gasteiger partial charge in [0.05, 0.1) is 17.8 Å². The predicted octanol–water partition coefficient (Wildman–Crippen LogP) is 3.29. The van der Waals surface area contributed by atoms with Crippen LogP contribution in [0.15, 0.2) is 10.5 Å². The number of hydrogen-bond donors (Lipinski definition) is 1. The predicted molar refractivity (Wildman–Crippen MR) is 94.7 cm³/mol. The van der Waals surface area contributed by atoms with Crippen molar-refractivity contribution in [2.75, 3.05) is 11.9 Å². The van der Waals surface area contributed by atoms with Gasteiger partial charge in [0.25, 0.3) is 5.91 Å². The highest BCUT2D eigenvalue weighted by Crippen LogP contribution is 2.32. The second-order valence-electron chi connectivity index (χ2n) is 6.81. The number of fused-ring (bicyclic) bond motifs is 1. The van der Waals surface area contributed by atoms with Gasteiger partial charge in [-0.25, -0.2) is 4.98 Å². The summed E-state index contributed by atoms with van der Waals surface area (Å²) in [7, 11) is 0. The Morgan fingerprint density at radius 3 is 2.80 bits per heavy atom. The zero-order valence-corrected chi connectivity index (χ0v) is 15.2. The van der Waals surface area contributed by atoms with Gasteiger partial charge in [0.15, 0.2) is 5.13 Å². The summed E-state index contributed by atoms with van der Waals surface area (Å²) in [4.78, 5) is 32.3. The summed E-state index contributed by atoms with van der Waals surface area (Å²) in [5.74, 6) is 1.62. The number of nitrogens with zero attached hydrogens (tertiary/aromatic N) is 2. The number of aryl methyl sites for hydroxylation is 2. The van der Waals surface area contributed by atoms with Gasteiger partial charge in [0, 0.05) is 23.8 Å². The van der Waals surface area contributed by atoms with Crippen molar-refractivity contribution in [3.8, 4) is 0 Å². The van der Waals surface area contributed by atoms with Gasteiger partial charge in [-0.05, 0) is 32.8 Å². The summed E-state index contributed by atoms with van der Waals surface area (Å²) in [6.07, 6.45) is 3.80. The molecule has 3 heterocycles. The van der Waals surface area contributed by atoms with Crippen molar-refractivity contribution in [1.29, 1.82) is 0 Å². The van der Waals surface area contributed by atoms with Gasteiger partial charge in [-0.2, -0.15) is 0 Å². The Labute approximate surface area is 150 Å². The van der Waals surface area contributed by atoms with Crippen LogP contribution in [0.2, 0.25) is 0 Å². The fourth-order valence-corrected chi connectivity index (χ4v) is 4.34. The molecular weight excluding hydrogens is 338 g/mol. The SMILES string of the molecule is Cc1cc(C(=O)N2CCc3nc(NC(=O)C4CCC4)sc3C2)c(C)o1. The summed E-state index contributed by atoms with van der Waals surface area (Å²) >= 11 is 1.48. The first kappa shape index (κ1) is 16.3. The Hall–Kier alpha value is -2.15. The maximum Gasteiger partial charge on any atom is 0.257 e. The third kappa shape index (κ3) is 3.08. The summed E-state index contributed by atoms with van der Waals surface area (Å²) < 4.78 is 5.48. The first-order chi connectivity index (χ1) is 12.0. The van der Waals surface area contributed by atoms with E-state index in [1.54, 1.807) is 6.07 Å². The molecule has 2 amide bonds. The van der Waals surface area contributed by atoms with Gasteiger partial charge in [-0.15, -0.1) is 0 Å². The molecule has 132 valence electrons. The molecule has 0 unspecified atom stereocenters. The molecule has 0 radical (unpaired) electrons. The second-order valence-corrected chi connectivity index (χ2v) is 7.89. The number of furan rings is 1. The molecule has 0 aromatic carbocycles. The average molecular weight is 359 g/mol. The number of hydrogen-bond acceptors (Lipinski definition) is 5. The van der Waals surface area contributed by atoms with Crippen LogP contribution in [0, 0.1) is 19.8 Å². The maximum absolute atomic E-state index is 12.7. The van der Waals surface area contributed by atoms with E-state index in [1.165, 1.54) is 11.3 Å². The molecular formula is C18H21N3O3S. The van der Waals surface area contributed by atoms with Gasteiger partial charge in [0.2, 0.25) is 5.91 Å². The Morgan fingerprint density at radius 2 is 2.16 bits per heavy atom. The quantitative estimate of drug-likeness (QED) is 0.912. The largest absolute Gasteiger partial charge is 0.466 e. The summed E-state index contributed by atoms with van der Waals surface area (Å²) in [6, 6.07) is 1.80. The molecule has 6 nitrogen and oxygen atoms in total. The number of anilines is 1. The van der Waals surface area contributed by atoms with Crippen LogP contribution in [0.5, 0.6) is 0 Å². The fourth-order valence-electron chi connectivity index (χ4n) is 3.31. The summed E-state index contributed by atoms with van der Waals surface area (Å²) in [6.45, 7) is 4.83. The first-order valence-corrected chi connectivity index (χ1v) is 9.48. The molecule has 1 aliphatic heterocycles. The van der Waals surface area contributed by atoms with E-state index in [2.05, 4.69) is 10.3 Å². The molecule has 7 heteroatoms. The van der Waals surface area contributed by atoms with Gasteiger partial charge >= 0.3 is 0 Å². The van der Waals surface area contributed by atoms with Crippen molar-refractivity contribution in [3.63, 3.8) is 0 Å². The number of amides is 2. The molecule has 0 saturated heterocycles. The highest BCUT2D eigenvalue weighted by Gasteiger charge is 2.29. The highest BCUT2D eigenvalue weighted by atomic mass is 32.1. The van der Waals surface area contributed by atoms with Crippen molar-refractivity contribution >= 4 is 28.3 Å². The van der Waals surface area contributed by atoms with Crippen molar-refractivity contribution in [2.24, 2.45) is 5.92 Å². The maximum atomic E-state index is 12.7. The molecule has 25 heavy (non-hydrogen) atoms. The lowest BCUT2D eigenvalue weighted by Crippen LogP contribution is -2.35. The monoisotopic (exact) mass is 359 g/mol. The molecule has 0 spiro atoms. The van der Waals surface area contributed by atoms with Crippen LogP contribution in [-0.4, -0.2) is 28.2 Å². The third-order valence-corrected chi connectivity index (χ3v) is 5.99. The molecule has 1 saturated carbocycles. The minimum atomic E-state index is -0.00606. The van der Waals surface area contributed by atoms with Crippen molar-refractivity contribution in [3.05, 3.63) is 33.7 Å². The fraction of sp³-hybridized carbons (Fsp3) is 0.500. The molecule has 1 aliphatic carbocycles. The topological polar surface area (TPSA) is 75.4 Å². The van der Waals surface area contributed by atoms with Crippen LogP contribution in [-0.2, 0) is 17.8 Å². The van der Waals surface area contributed by atoms with Crippen LogP contribution in [0.4, 0.5) is 5.13 Å². The molecule has 4 rings (SSSR count). The molecule has 2 aromatic rings. The van der Waals surface area contributed by atoms with Crippen LogP contribution in [0.25, 0.3) is 0 Å². The smallest absolute Gasteiger partial charge is 0.257 e. The second kappa shape index (κ2) is 6.29. The number of carbonyl (C=O) groups excluding carboxylic acids is 2. The first-order valence-electron chi connectivity index (χ1n) is 8.67. The lowest BCUT2D eigenvalue weighted by atomic mass is 9.85. The molecule has 1 fully saturated rings. The number of rotatable bonds is 3. The number of aromatic nitrogens is 1. The standard InChI is InChI=1S/C18H21N3O3S/c1-10-8-13(11(2)24-10)17(23)21-7-6-14-15(9-21)25-18(19-14)20-16(22)12-4-3-5-12/h8,12H,3-7,9H2,1-2H3,(H,19,20,22). The van der Waals surface area contributed by atoms with Gasteiger partial charge in [0.1, 0.15) is 11.5 Å². The summed E-state index contributed by atoms with van der Waals surface area (Å²) in [5, 5.41) is 3.60. The molecule has 2 aliphatic rings. The number of carbonyl (C=O) groups is 2. The molecule has 0 bridgehead atoms. The van der Waals surface area contributed by atoms with E-state index in [-0.39, 0.29) is 17.7 Å². The normalized spacial score (nSPS) is 17.1. The van der Waals surface area contributed by atoms with E-state index in [4.69, 9.17) is 4.42 Å².